The molecule has 1 amide bonds. The van der Waals surface area contributed by atoms with Crippen molar-refractivity contribution in [1.29, 1.82) is 0 Å². The first-order valence-electron chi connectivity index (χ1n) is 7.85. The van der Waals surface area contributed by atoms with Crippen molar-refractivity contribution in [2.45, 2.75) is 45.6 Å². The van der Waals surface area contributed by atoms with E-state index in [0.29, 0.717) is 5.92 Å². The molecule has 1 N–H and O–H groups in total. The second kappa shape index (κ2) is 7.03. The topological polar surface area (TPSA) is 32.3 Å². The Morgan fingerprint density at radius 2 is 2.10 bits per heavy atom. The fourth-order valence-electron chi connectivity index (χ4n) is 3.24. The minimum Gasteiger partial charge on any atom is -0.342 e. The summed E-state index contributed by atoms with van der Waals surface area (Å²) < 4.78 is 13.2. The van der Waals surface area contributed by atoms with Crippen LogP contribution >= 0.6 is 0 Å². The predicted molar refractivity (Wildman–Crippen MR) is 82.8 cm³/mol. The lowest BCUT2D eigenvalue weighted by atomic mass is 9.84. The number of likely N-dealkylation sites (N-methyl/N-ethyl adjacent to an activating group) is 1. The van der Waals surface area contributed by atoms with Crippen molar-refractivity contribution >= 4 is 5.91 Å². The van der Waals surface area contributed by atoms with Gasteiger partial charge >= 0.3 is 0 Å². The van der Waals surface area contributed by atoms with E-state index in [-0.39, 0.29) is 17.8 Å². The molecule has 2 atom stereocenters. The molecule has 1 aliphatic heterocycles. The van der Waals surface area contributed by atoms with Gasteiger partial charge in [-0.05, 0) is 69.3 Å². The maximum atomic E-state index is 13.2. The highest BCUT2D eigenvalue weighted by Gasteiger charge is 2.30. The third kappa shape index (κ3) is 3.62. The van der Waals surface area contributed by atoms with E-state index in [4.69, 9.17) is 0 Å². The van der Waals surface area contributed by atoms with Gasteiger partial charge in [-0.25, -0.2) is 4.39 Å². The van der Waals surface area contributed by atoms with Gasteiger partial charge in [0.2, 0.25) is 5.91 Å². The number of hydrogen-bond donors (Lipinski definition) is 1. The van der Waals surface area contributed by atoms with Crippen molar-refractivity contribution in [1.82, 2.24) is 10.2 Å². The molecule has 2 rings (SSSR count). The fourth-order valence-corrected chi connectivity index (χ4v) is 3.24. The Bertz CT molecular complexity index is 500. The monoisotopic (exact) mass is 292 g/mol. The summed E-state index contributed by atoms with van der Waals surface area (Å²) in [6, 6.07) is 4.86. The zero-order valence-electron chi connectivity index (χ0n) is 13.2. The number of piperidine rings is 1. The van der Waals surface area contributed by atoms with E-state index >= 15 is 0 Å². The molecule has 0 saturated carbocycles. The van der Waals surface area contributed by atoms with Gasteiger partial charge in [-0.2, -0.15) is 0 Å². The molecule has 3 nitrogen and oxygen atoms in total. The lowest BCUT2D eigenvalue weighted by Gasteiger charge is -2.33. The third-order valence-corrected chi connectivity index (χ3v) is 4.45. The zero-order valence-corrected chi connectivity index (χ0v) is 13.2. The van der Waals surface area contributed by atoms with E-state index in [1.54, 1.807) is 6.07 Å². The smallest absolute Gasteiger partial charge is 0.239 e. The van der Waals surface area contributed by atoms with E-state index in [1.165, 1.54) is 11.6 Å². The Morgan fingerprint density at radius 3 is 2.71 bits per heavy atom. The van der Waals surface area contributed by atoms with E-state index in [9.17, 15) is 9.18 Å². The van der Waals surface area contributed by atoms with Crippen LogP contribution in [0.4, 0.5) is 4.39 Å². The van der Waals surface area contributed by atoms with E-state index in [1.807, 2.05) is 31.7 Å². The maximum Gasteiger partial charge on any atom is 0.239 e. The van der Waals surface area contributed by atoms with Gasteiger partial charge in [-0.1, -0.05) is 6.07 Å². The SMILES string of the molecule is CCN(CC)C(=O)C1CC(c2ccc(F)cc2C)CCN1. The normalized spacial score (nSPS) is 22.1. The molecule has 0 radical (unpaired) electrons. The molecule has 4 heteroatoms. The first kappa shape index (κ1) is 16.0. The van der Waals surface area contributed by atoms with Crippen LogP contribution in [0.1, 0.15) is 43.7 Å². The Labute approximate surface area is 126 Å². The standard InChI is InChI=1S/C17H25FN2O/c1-4-20(5-2)17(21)16-11-13(8-9-19-16)15-7-6-14(18)10-12(15)3/h6-7,10,13,16,19H,4-5,8-9,11H2,1-3H3. The number of aryl methyl sites for hydroxylation is 1. The molecule has 1 saturated heterocycles. The second-order valence-corrected chi connectivity index (χ2v) is 5.74. The van der Waals surface area contributed by atoms with Crippen LogP contribution in [-0.4, -0.2) is 36.5 Å². The summed E-state index contributed by atoms with van der Waals surface area (Å²) in [4.78, 5) is 14.4. The molecular formula is C17H25FN2O. The van der Waals surface area contributed by atoms with Gasteiger partial charge in [0.25, 0.3) is 0 Å². The van der Waals surface area contributed by atoms with Crippen LogP contribution in [0.3, 0.4) is 0 Å². The average Bonchev–Trinajstić information content (AvgIpc) is 2.48. The molecule has 1 aliphatic rings. The van der Waals surface area contributed by atoms with E-state index < -0.39 is 0 Å². The minimum atomic E-state index is -0.194. The summed E-state index contributed by atoms with van der Waals surface area (Å²) in [6.07, 6.45) is 1.79. The molecule has 1 fully saturated rings. The van der Waals surface area contributed by atoms with Gasteiger partial charge in [0, 0.05) is 13.1 Å². The quantitative estimate of drug-likeness (QED) is 0.925. The van der Waals surface area contributed by atoms with Crippen LogP contribution in [0.15, 0.2) is 18.2 Å². The highest BCUT2D eigenvalue weighted by molar-refractivity contribution is 5.82. The fraction of sp³-hybridized carbons (Fsp3) is 0.588. The van der Waals surface area contributed by atoms with Gasteiger partial charge < -0.3 is 10.2 Å². The Morgan fingerprint density at radius 1 is 1.38 bits per heavy atom. The van der Waals surface area contributed by atoms with Crippen molar-refractivity contribution < 1.29 is 9.18 Å². The highest BCUT2D eigenvalue weighted by Crippen LogP contribution is 2.30. The Balaban J connectivity index is 2.12. The van der Waals surface area contributed by atoms with Crippen molar-refractivity contribution in [3.8, 4) is 0 Å². The van der Waals surface area contributed by atoms with Gasteiger partial charge in [-0.3, -0.25) is 4.79 Å². The number of carbonyl (C=O) groups excluding carboxylic acids is 1. The highest BCUT2D eigenvalue weighted by atomic mass is 19.1. The Kier molecular flexibility index (Phi) is 5.34. The second-order valence-electron chi connectivity index (χ2n) is 5.74. The summed E-state index contributed by atoms with van der Waals surface area (Å²) in [7, 11) is 0. The number of benzene rings is 1. The Hall–Kier alpha value is -1.42. The number of halogens is 1. The maximum absolute atomic E-state index is 13.2. The number of rotatable bonds is 4. The number of nitrogens with zero attached hydrogens (tertiary/aromatic N) is 1. The third-order valence-electron chi connectivity index (χ3n) is 4.45. The van der Waals surface area contributed by atoms with Gasteiger partial charge in [-0.15, -0.1) is 0 Å². The first-order valence-corrected chi connectivity index (χ1v) is 7.85. The van der Waals surface area contributed by atoms with Crippen molar-refractivity contribution in [2.24, 2.45) is 0 Å². The minimum absolute atomic E-state index is 0.117. The van der Waals surface area contributed by atoms with Crippen LogP contribution < -0.4 is 5.32 Å². The van der Waals surface area contributed by atoms with Crippen LogP contribution in [0.5, 0.6) is 0 Å². The first-order chi connectivity index (χ1) is 10.1. The lowest BCUT2D eigenvalue weighted by Crippen LogP contribution is -2.49. The predicted octanol–water partition coefficient (Wildman–Crippen LogP) is 2.84. The van der Waals surface area contributed by atoms with Crippen molar-refractivity contribution in [2.75, 3.05) is 19.6 Å². The molecule has 0 aromatic heterocycles. The number of hydrogen-bond acceptors (Lipinski definition) is 2. The molecule has 0 aliphatic carbocycles. The molecule has 0 bridgehead atoms. The summed E-state index contributed by atoms with van der Waals surface area (Å²) in [5, 5.41) is 3.33. The van der Waals surface area contributed by atoms with Crippen LogP contribution in [0.2, 0.25) is 0 Å². The summed E-state index contributed by atoms with van der Waals surface area (Å²) >= 11 is 0. The molecule has 1 heterocycles. The van der Waals surface area contributed by atoms with Gasteiger partial charge in [0.15, 0.2) is 0 Å². The summed E-state index contributed by atoms with van der Waals surface area (Å²) in [6.45, 7) is 8.28. The van der Waals surface area contributed by atoms with Crippen LogP contribution in [0, 0.1) is 12.7 Å². The van der Waals surface area contributed by atoms with Crippen molar-refractivity contribution in [3.63, 3.8) is 0 Å². The molecule has 21 heavy (non-hydrogen) atoms. The van der Waals surface area contributed by atoms with Crippen LogP contribution in [0.25, 0.3) is 0 Å². The summed E-state index contributed by atoms with van der Waals surface area (Å²) in [5.41, 5.74) is 2.16. The lowest BCUT2D eigenvalue weighted by molar-refractivity contribution is -0.133. The molecular weight excluding hydrogens is 267 g/mol. The number of amides is 1. The molecule has 2 unspecified atom stereocenters. The number of nitrogens with one attached hydrogen (secondary N) is 1. The van der Waals surface area contributed by atoms with E-state index in [0.717, 1.165) is 38.0 Å². The molecule has 116 valence electrons. The zero-order chi connectivity index (χ0) is 15.4. The van der Waals surface area contributed by atoms with Gasteiger partial charge in [0.1, 0.15) is 5.82 Å². The number of carbonyl (C=O) groups is 1. The summed E-state index contributed by atoms with van der Waals surface area (Å²) in [5.74, 6) is 0.321. The van der Waals surface area contributed by atoms with Crippen LogP contribution in [-0.2, 0) is 4.79 Å². The van der Waals surface area contributed by atoms with Gasteiger partial charge in [0.05, 0.1) is 6.04 Å². The average molecular weight is 292 g/mol. The molecule has 1 aromatic carbocycles. The van der Waals surface area contributed by atoms with E-state index in [2.05, 4.69) is 5.32 Å². The molecule has 0 spiro atoms. The largest absolute Gasteiger partial charge is 0.342 e. The molecule has 1 aromatic rings. The van der Waals surface area contributed by atoms with Crippen molar-refractivity contribution in [3.05, 3.63) is 35.1 Å².